The summed E-state index contributed by atoms with van der Waals surface area (Å²) in [5.74, 6) is 0. The second kappa shape index (κ2) is 5.96. The summed E-state index contributed by atoms with van der Waals surface area (Å²) in [4.78, 5) is 4.23. The lowest BCUT2D eigenvalue weighted by atomic mass is 9.93. The summed E-state index contributed by atoms with van der Waals surface area (Å²) < 4.78 is 2.13. The monoisotopic (exact) mass is 316 g/mol. The predicted molar refractivity (Wildman–Crippen MR) is 96.0 cm³/mol. The molecule has 0 bridgehead atoms. The zero-order chi connectivity index (χ0) is 16.5. The average Bonchev–Trinajstić information content (AvgIpc) is 3.25. The Kier molecular flexibility index (Phi) is 3.65. The maximum atomic E-state index is 4.67. The van der Waals surface area contributed by atoms with Crippen molar-refractivity contribution in [3.05, 3.63) is 89.5 Å². The van der Waals surface area contributed by atoms with E-state index in [-0.39, 0.29) is 12.1 Å². The van der Waals surface area contributed by atoms with Crippen LogP contribution in [-0.2, 0) is 0 Å². The number of hydrazone groups is 1. The minimum Gasteiger partial charge on any atom is -0.326 e. The van der Waals surface area contributed by atoms with Gasteiger partial charge >= 0.3 is 0 Å². The van der Waals surface area contributed by atoms with E-state index in [4.69, 9.17) is 0 Å². The molecule has 24 heavy (non-hydrogen) atoms. The minimum atomic E-state index is 0.0814. The van der Waals surface area contributed by atoms with E-state index >= 15 is 0 Å². The van der Waals surface area contributed by atoms with Crippen LogP contribution in [0.4, 0.5) is 0 Å². The van der Waals surface area contributed by atoms with E-state index in [0.29, 0.717) is 0 Å². The van der Waals surface area contributed by atoms with Gasteiger partial charge in [0.25, 0.3) is 0 Å². The lowest BCUT2D eigenvalue weighted by Gasteiger charge is -2.22. The van der Waals surface area contributed by atoms with Gasteiger partial charge in [0.2, 0.25) is 0 Å². The first-order valence-corrected chi connectivity index (χ1v) is 8.16. The molecule has 0 spiro atoms. The number of nitrogens with zero attached hydrogens (tertiary/aromatic N) is 3. The van der Waals surface area contributed by atoms with Crippen molar-refractivity contribution in [1.29, 1.82) is 0 Å². The highest BCUT2D eigenvalue weighted by atomic mass is 15.4. The number of aromatic nitrogens is 2. The molecule has 2 heterocycles. The predicted octanol–water partition coefficient (Wildman–Crippen LogP) is 3.79. The fraction of sp³-hybridized carbons (Fsp3) is 0.200. The summed E-state index contributed by atoms with van der Waals surface area (Å²) in [5.41, 5.74) is 9.25. The van der Waals surface area contributed by atoms with Crippen molar-refractivity contribution in [3.8, 4) is 0 Å². The average molecular weight is 316 g/mol. The summed E-state index contributed by atoms with van der Waals surface area (Å²) in [6, 6.07) is 17.3. The van der Waals surface area contributed by atoms with Gasteiger partial charge in [0, 0.05) is 12.4 Å². The number of hydrogen-bond donors (Lipinski definition) is 1. The summed E-state index contributed by atoms with van der Waals surface area (Å²) in [6.07, 6.45) is 5.68. The lowest BCUT2D eigenvalue weighted by Crippen LogP contribution is -2.25. The zero-order valence-electron chi connectivity index (χ0n) is 13.8. The van der Waals surface area contributed by atoms with Crippen molar-refractivity contribution < 1.29 is 0 Å². The first-order chi connectivity index (χ1) is 11.7. The number of imidazole rings is 1. The van der Waals surface area contributed by atoms with E-state index in [0.717, 1.165) is 11.3 Å². The summed E-state index contributed by atoms with van der Waals surface area (Å²) >= 11 is 0. The van der Waals surface area contributed by atoms with Crippen LogP contribution in [-0.4, -0.2) is 15.3 Å². The Morgan fingerprint density at radius 1 is 0.917 bits per heavy atom. The molecule has 0 amide bonds. The second-order valence-electron chi connectivity index (χ2n) is 6.34. The molecule has 2 atom stereocenters. The summed E-state index contributed by atoms with van der Waals surface area (Å²) in [5, 5.41) is 4.67. The van der Waals surface area contributed by atoms with Crippen LogP contribution in [0.15, 0.2) is 72.4 Å². The highest BCUT2D eigenvalue weighted by Crippen LogP contribution is 2.34. The Morgan fingerprint density at radius 3 is 2.21 bits per heavy atom. The van der Waals surface area contributed by atoms with Crippen LogP contribution in [0.25, 0.3) is 0 Å². The molecule has 3 aromatic rings. The van der Waals surface area contributed by atoms with Gasteiger partial charge in [-0.05, 0) is 25.0 Å². The third-order valence-corrected chi connectivity index (χ3v) is 4.55. The molecule has 0 fully saturated rings. The molecular weight excluding hydrogens is 296 g/mol. The molecule has 4 rings (SSSR count). The third-order valence-electron chi connectivity index (χ3n) is 4.55. The van der Waals surface area contributed by atoms with E-state index < -0.39 is 0 Å². The number of rotatable bonds is 3. The van der Waals surface area contributed by atoms with Crippen molar-refractivity contribution in [2.75, 3.05) is 0 Å². The van der Waals surface area contributed by atoms with Gasteiger partial charge in [0.15, 0.2) is 0 Å². The maximum absolute atomic E-state index is 4.67. The summed E-state index contributed by atoms with van der Waals surface area (Å²) in [6.45, 7) is 4.20. The van der Waals surface area contributed by atoms with Crippen molar-refractivity contribution in [2.24, 2.45) is 5.10 Å². The molecule has 1 N–H and O–H groups in total. The van der Waals surface area contributed by atoms with E-state index in [9.17, 15) is 0 Å². The Balaban J connectivity index is 1.75. The van der Waals surface area contributed by atoms with Crippen molar-refractivity contribution >= 4 is 5.71 Å². The van der Waals surface area contributed by atoms with Crippen LogP contribution in [0.3, 0.4) is 0 Å². The molecule has 4 nitrogen and oxygen atoms in total. The molecule has 2 aromatic carbocycles. The van der Waals surface area contributed by atoms with Crippen LogP contribution in [0, 0.1) is 13.8 Å². The van der Waals surface area contributed by atoms with Crippen molar-refractivity contribution in [1.82, 2.24) is 15.0 Å². The normalized spacial score (nSPS) is 19.8. The highest BCUT2D eigenvalue weighted by molar-refractivity contribution is 6.04. The molecule has 1 aliphatic heterocycles. The van der Waals surface area contributed by atoms with Gasteiger partial charge in [0.1, 0.15) is 6.04 Å². The number of aryl methyl sites for hydroxylation is 2. The van der Waals surface area contributed by atoms with Crippen LogP contribution >= 0.6 is 0 Å². The SMILES string of the molecule is Cc1ccc(C2=NNC(c3ccc(C)cc3)C2n2ccnc2)cc1. The molecular formula is C20H20N4. The summed E-state index contributed by atoms with van der Waals surface area (Å²) in [7, 11) is 0. The molecule has 1 aliphatic rings. The van der Waals surface area contributed by atoms with Crippen LogP contribution < -0.4 is 5.43 Å². The fourth-order valence-electron chi connectivity index (χ4n) is 3.17. The van der Waals surface area contributed by atoms with Gasteiger partial charge in [-0.3, -0.25) is 5.43 Å². The highest BCUT2D eigenvalue weighted by Gasteiger charge is 2.34. The Hall–Kier alpha value is -2.88. The molecule has 120 valence electrons. The Morgan fingerprint density at radius 2 is 1.58 bits per heavy atom. The topological polar surface area (TPSA) is 42.2 Å². The van der Waals surface area contributed by atoms with Crippen molar-refractivity contribution in [3.63, 3.8) is 0 Å². The van der Waals surface area contributed by atoms with E-state index in [1.807, 2.05) is 18.7 Å². The molecule has 0 saturated heterocycles. The van der Waals surface area contributed by atoms with Crippen molar-refractivity contribution in [2.45, 2.75) is 25.9 Å². The van der Waals surface area contributed by atoms with Crippen LogP contribution in [0.2, 0.25) is 0 Å². The molecule has 1 aromatic heterocycles. The van der Waals surface area contributed by atoms with Gasteiger partial charge in [-0.1, -0.05) is 59.7 Å². The fourth-order valence-corrected chi connectivity index (χ4v) is 3.17. The van der Waals surface area contributed by atoms with E-state index in [2.05, 4.69) is 82.5 Å². The smallest absolute Gasteiger partial charge is 0.105 e. The molecule has 4 heteroatoms. The number of nitrogens with one attached hydrogen (secondary N) is 1. The largest absolute Gasteiger partial charge is 0.326 e. The molecule has 2 unspecified atom stereocenters. The molecule has 0 radical (unpaired) electrons. The van der Waals surface area contributed by atoms with Crippen LogP contribution in [0.1, 0.15) is 34.3 Å². The van der Waals surface area contributed by atoms with E-state index in [1.165, 1.54) is 16.7 Å². The van der Waals surface area contributed by atoms with E-state index in [1.54, 1.807) is 0 Å². The first kappa shape index (κ1) is 14.7. The van der Waals surface area contributed by atoms with Gasteiger partial charge < -0.3 is 4.57 Å². The van der Waals surface area contributed by atoms with Crippen LogP contribution in [0.5, 0.6) is 0 Å². The Bertz CT molecular complexity index is 846. The van der Waals surface area contributed by atoms with Gasteiger partial charge in [0.05, 0.1) is 18.1 Å². The third kappa shape index (κ3) is 2.60. The molecule has 0 saturated carbocycles. The number of hydrogen-bond acceptors (Lipinski definition) is 3. The van der Waals surface area contributed by atoms with Gasteiger partial charge in [-0.15, -0.1) is 0 Å². The second-order valence-corrected chi connectivity index (χ2v) is 6.34. The van der Waals surface area contributed by atoms with Gasteiger partial charge in [-0.2, -0.15) is 5.10 Å². The maximum Gasteiger partial charge on any atom is 0.105 e. The number of benzene rings is 2. The zero-order valence-corrected chi connectivity index (χ0v) is 13.8. The Labute approximate surface area is 141 Å². The first-order valence-electron chi connectivity index (χ1n) is 8.16. The van der Waals surface area contributed by atoms with Gasteiger partial charge in [-0.25, -0.2) is 4.98 Å². The minimum absolute atomic E-state index is 0.0814. The quantitative estimate of drug-likeness (QED) is 0.799. The molecule has 0 aliphatic carbocycles. The standard InChI is InChI=1S/C20H20N4/c1-14-3-7-16(8-4-14)18-20(24-12-11-21-13-24)19(23-22-18)17-9-5-15(2)6-10-17/h3-13,18,20,22H,1-2H3. The lowest BCUT2D eigenvalue weighted by molar-refractivity contribution is 0.481.